The van der Waals surface area contributed by atoms with Crippen LogP contribution >= 0.6 is 0 Å². The summed E-state index contributed by atoms with van der Waals surface area (Å²) in [4.78, 5) is 15.2. The lowest BCUT2D eigenvalue weighted by molar-refractivity contribution is -0.136. The monoisotopic (exact) mass is 356 g/mol. The van der Waals surface area contributed by atoms with Crippen LogP contribution < -0.4 is 9.47 Å². The number of benzene rings is 1. The first kappa shape index (κ1) is 18.4. The lowest BCUT2D eigenvalue weighted by atomic mass is 9.96. The SMILES string of the molecule is COc1cc2c(cc1OC)CN(C(=O)C(CC(C)C)n1cccc1)CC2. The third kappa shape index (κ3) is 3.71. The Morgan fingerprint density at radius 1 is 1.08 bits per heavy atom. The number of aromatic nitrogens is 1. The summed E-state index contributed by atoms with van der Waals surface area (Å²) in [5.74, 6) is 2.10. The second-order valence-corrected chi connectivity index (χ2v) is 7.26. The zero-order chi connectivity index (χ0) is 18.7. The van der Waals surface area contributed by atoms with Crippen molar-refractivity contribution in [2.75, 3.05) is 20.8 Å². The van der Waals surface area contributed by atoms with Crippen molar-refractivity contribution in [1.29, 1.82) is 0 Å². The summed E-state index contributed by atoms with van der Waals surface area (Å²) in [6.07, 6.45) is 5.64. The van der Waals surface area contributed by atoms with Crippen LogP contribution in [0.3, 0.4) is 0 Å². The molecule has 5 heteroatoms. The van der Waals surface area contributed by atoms with Gasteiger partial charge in [0.2, 0.25) is 5.91 Å². The number of fused-ring (bicyclic) bond motifs is 1. The molecular weight excluding hydrogens is 328 g/mol. The molecule has 1 unspecified atom stereocenters. The van der Waals surface area contributed by atoms with E-state index in [0.29, 0.717) is 18.2 Å². The number of methoxy groups -OCH3 is 2. The van der Waals surface area contributed by atoms with E-state index in [4.69, 9.17) is 9.47 Å². The lowest BCUT2D eigenvalue weighted by Crippen LogP contribution is -2.40. The molecule has 1 aliphatic rings. The van der Waals surface area contributed by atoms with Gasteiger partial charge in [0.25, 0.3) is 0 Å². The normalized spacial score (nSPS) is 14.9. The first-order chi connectivity index (χ1) is 12.5. The molecule has 2 heterocycles. The molecule has 5 nitrogen and oxygen atoms in total. The van der Waals surface area contributed by atoms with Crippen LogP contribution in [-0.4, -0.2) is 36.1 Å². The second-order valence-electron chi connectivity index (χ2n) is 7.26. The predicted octanol–water partition coefficient (Wildman–Crippen LogP) is 3.68. The smallest absolute Gasteiger partial charge is 0.245 e. The average Bonchev–Trinajstić information content (AvgIpc) is 3.18. The molecule has 0 bridgehead atoms. The highest BCUT2D eigenvalue weighted by atomic mass is 16.5. The average molecular weight is 356 g/mol. The number of rotatable bonds is 6. The Kier molecular flexibility index (Phi) is 5.55. The maximum absolute atomic E-state index is 13.3. The van der Waals surface area contributed by atoms with E-state index in [1.54, 1.807) is 14.2 Å². The molecule has 140 valence electrons. The number of carbonyl (C=O) groups is 1. The molecule has 0 aliphatic carbocycles. The largest absolute Gasteiger partial charge is 0.493 e. The Bertz CT molecular complexity index is 753. The summed E-state index contributed by atoms with van der Waals surface area (Å²) >= 11 is 0. The zero-order valence-electron chi connectivity index (χ0n) is 16.1. The molecular formula is C21H28N2O3. The van der Waals surface area contributed by atoms with Gasteiger partial charge in [-0.25, -0.2) is 0 Å². The van der Waals surface area contributed by atoms with Crippen molar-refractivity contribution in [3.8, 4) is 11.5 Å². The maximum atomic E-state index is 13.3. The summed E-state index contributed by atoms with van der Waals surface area (Å²) in [6.45, 7) is 5.67. The topological polar surface area (TPSA) is 43.7 Å². The fraction of sp³-hybridized carbons (Fsp3) is 0.476. The number of hydrogen-bond donors (Lipinski definition) is 0. The minimum Gasteiger partial charge on any atom is -0.493 e. The van der Waals surface area contributed by atoms with Crippen LogP contribution in [0.25, 0.3) is 0 Å². The molecule has 0 N–H and O–H groups in total. The van der Waals surface area contributed by atoms with E-state index in [1.807, 2.05) is 46.1 Å². The summed E-state index contributed by atoms with van der Waals surface area (Å²) in [5.41, 5.74) is 2.37. The molecule has 0 saturated heterocycles. The minimum absolute atomic E-state index is 0.147. The highest BCUT2D eigenvalue weighted by Crippen LogP contribution is 2.34. The van der Waals surface area contributed by atoms with Gasteiger partial charge >= 0.3 is 0 Å². The van der Waals surface area contributed by atoms with E-state index >= 15 is 0 Å². The molecule has 0 spiro atoms. The van der Waals surface area contributed by atoms with E-state index in [2.05, 4.69) is 13.8 Å². The first-order valence-electron chi connectivity index (χ1n) is 9.18. The van der Waals surface area contributed by atoms with E-state index < -0.39 is 0 Å². The van der Waals surface area contributed by atoms with E-state index in [-0.39, 0.29) is 11.9 Å². The number of amides is 1. The number of nitrogens with zero attached hydrogens (tertiary/aromatic N) is 2. The Labute approximate surface area is 155 Å². The van der Waals surface area contributed by atoms with Gasteiger partial charge in [0.15, 0.2) is 11.5 Å². The summed E-state index contributed by atoms with van der Waals surface area (Å²) < 4.78 is 12.9. The molecule has 1 amide bonds. The van der Waals surface area contributed by atoms with Crippen LogP contribution in [0, 0.1) is 5.92 Å². The van der Waals surface area contributed by atoms with Gasteiger partial charge < -0.3 is 18.9 Å². The Hall–Kier alpha value is -2.43. The minimum atomic E-state index is -0.147. The molecule has 2 aromatic rings. The van der Waals surface area contributed by atoms with Crippen molar-refractivity contribution in [3.05, 3.63) is 47.8 Å². The van der Waals surface area contributed by atoms with Gasteiger partial charge in [0.05, 0.1) is 14.2 Å². The molecule has 1 aromatic heterocycles. The van der Waals surface area contributed by atoms with Gasteiger partial charge in [0.1, 0.15) is 6.04 Å². The maximum Gasteiger partial charge on any atom is 0.245 e. The second kappa shape index (κ2) is 7.85. The van der Waals surface area contributed by atoms with E-state index in [1.165, 1.54) is 5.56 Å². The molecule has 0 radical (unpaired) electrons. The highest BCUT2D eigenvalue weighted by Gasteiger charge is 2.29. The van der Waals surface area contributed by atoms with Crippen molar-refractivity contribution in [2.24, 2.45) is 5.92 Å². The van der Waals surface area contributed by atoms with Gasteiger partial charge in [-0.05, 0) is 54.2 Å². The molecule has 1 aromatic carbocycles. The molecule has 1 atom stereocenters. The third-order valence-electron chi connectivity index (χ3n) is 5.00. The standard InChI is InChI=1S/C21H28N2O3/c1-15(2)11-18(22-8-5-6-9-22)21(24)23-10-7-16-12-19(25-3)20(26-4)13-17(16)14-23/h5-6,8-9,12-13,15,18H,7,10-11,14H2,1-4H3. The summed E-state index contributed by atoms with van der Waals surface area (Å²) in [5, 5.41) is 0. The van der Waals surface area contributed by atoms with Crippen LogP contribution in [0.5, 0.6) is 11.5 Å². The van der Waals surface area contributed by atoms with Crippen LogP contribution in [-0.2, 0) is 17.8 Å². The van der Waals surface area contributed by atoms with Crippen LogP contribution in [0.4, 0.5) is 0 Å². The molecule has 26 heavy (non-hydrogen) atoms. The van der Waals surface area contributed by atoms with Crippen LogP contribution in [0.1, 0.15) is 37.4 Å². The van der Waals surface area contributed by atoms with Crippen molar-refractivity contribution in [3.63, 3.8) is 0 Å². The summed E-state index contributed by atoms with van der Waals surface area (Å²) in [7, 11) is 3.29. The molecule has 0 saturated carbocycles. The van der Waals surface area contributed by atoms with Gasteiger partial charge in [-0.2, -0.15) is 0 Å². The van der Waals surface area contributed by atoms with Gasteiger partial charge in [-0.1, -0.05) is 13.8 Å². The molecule has 0 fully saturated rings. The number of carbonyl (C=O) groups excluding carboxylic acids is 1. The Morgan fingerprint density at radius 3 is 2.27 bits per heavy atom. The predicted molar refractivity (Wildman–Crippen MR) is 102 cm³/mol. The van der Waals surface area contributed by atoms with Crippen molar-refractivity contribution < 1.29 is 14.3 Å². The lowest BCUT2D eigenvalue weighted by Gasteiger charge is -2.33. The Morgan fingerprint density at radius 2 is 1.69 bits per heavy atom. The first-order valence-corrected chi connectivity index (χ1v) is 9.18. The van der Waals surface area contributed by atoms with Crippen molar-refractivity contribution >= 4 is 5.91 Å². The van der Waals surface area contributed by atoms with Crippen LogP contribution in [0.15, 0.2) is 36.7 Å². The van der Waals surface area contributed by atoms with E-state index in [0.717, 1.165) is 30.7 Å². The molecule has 1 aliphatic heterocycles. The van der Waals surface area contributed by atoms with Crippen molar-refractivity contribution in [2.45, 2.75) is 39.3 Å². The van der Waals surface area contributed by atoms with Gasteiger partial charge in [-0.15, -0.1) is 0 Å². The zero-order valence-corrected chi connectivity index (χ0v) is 16.1. The summed E-state index contributed by atoms with van der Waals surface area (Å²) in [6, 6.07) is 7.84. The highest BCUT2D eigenvalue weighted by molar-refractivity contribution is 5.81. The molecule has 3 rings (SSSR count). The van der Waals surface area contributed by atoms with E-state index in [9.17, 15) is 4.79 Å². The van der Waals surface area contributed by atoms with Crippen LogP contribution in [0.2, 0.25) is 0 Å². The fourth-order valence-corrected chi connectivity index (χ4v) is 3.63. The number of hydrogen-bond acceptors (Lipinski definition) is 3. The Balaban J connectivity index is 1.83. The van der Waals surface area contributed by atoms with Gasteiger partial charge in [0, 0.05) is 25.5 Å². The van der Waals surface area contributed by atoms with Gasteiger partial charge in [-0.3, -0.25) is 4.79 Å². The quantitative estimate of drug-likeness (QED) is 0.793. The number of ether oxygens (including phenoxy) is 2. The third-order valence-corrected chi connectivity index (χ3v) is 5.00. The van der Waals surface area contributed by atoms with Crippen molar-refractivity contribution in [1.82, 2.24) is 9.47 Å². The fourth-order valence-electron chi connectivity index (χ4n) is 3.63.